The summed E-state index contributed by atoms with van der Waals surface area (Å²) in [5.74, 6) is -2.42. The van der Waals surface area contributed by atoms with Gasteiger partial charge in [-0.25, -0.2) is 8.78 Å². The monoisotopic (exact) mass is 341 g/mol. The van der Waals surface area contributed by atoms with Gasteiger partial charge in [0.1, 0.15) is 17.4 Å². The van der Waals surface area contributed by atoms with Crippen molar-refractivity contribution in [3.8, 4) is 5.75 Å². The summed E-state index contributed by atoms with van der Waals surface area (Å²) in [6.07, 6.45) is 0. The molecule has 2 rings (SSSR count). The van der Waals surface area contributed by atoms with Crippen LogP contribution in [-0.4, -0.2) is 11.0 Å². The smallest absolute Gasteiger partial charge is 0.259 e. The number of rotatable bonds is 2. The Bertz CT molecular complexity index is 689. The van der Waals surface area contributed by atoms with Gasteiger partial charge in [0.2, 0.25) is 0 Å². The first-order chi connectivity index (χ1) is 9.38. The number of aromatic hydroxyl groups is 1. The van der Waals surface area contributed by atoms with Crippen molar-refractivity contribution in [2.45, 2.75) is 6.92 Å². The number of carbonyl (C=O) groups excluding carboxylic acids is 1. The number of aryl methyl sites for hydroxylation is 1. The lowest BCUT2D eigenvalue weighted by Crippen LogP contribution is -2.13. The van der Waals surface area contributed by atoms with Crippen molar-refractivity contribution >= 4 is 27.5 Å². The van der Waals surface area contributed by atoms with E-state index in [1.165, 1.54) is 12.1 Å². The highest BCUT2D eigenvalue weighted by molar-refractivity contribution is 9.10. The minimum atomic E-state index is -0.779. The molecule has 104 valence electrons. The van der Waals surface area contributed by atoms with Crippen LogP contribution in [0.15, 0.2) is 34.8 Å². The molecular formula is C14H10BrF2NO2. The maximum atomic E-state index is 13.6. The summed E-state index contributed by atoms with van der Waals surface area (Å²) in [6.45, 7) is 1.76. The predicted octanol–water partition coefficient (Wildman–Crippen LogP) is 3.99. The van der Waals surface area contributed by atoms with E-state index in [1.54, 1.807) is 13.0 Å². The third-order valence-corrected chi connectivity index (χ3v) is 3.26. The molecule has 0 bridgehead atoms. The molecule has 6 heteroatoms. The van der Waals surface area contributed by atoms with E-state index in [-0.39, 0.29) is 21.5 Å². The standard InChI is InChI=1S/C14H10BrF2NO2/c1-7-2-3-8(13(19)4-7)14(20)18-12-6-10(16)9(15)5-11(12)17/h2-6,19H,1H3,(H,18,20). The Morgan fingerprint density at radius 1 is 1.20 bits per heavy atom. The molecule has 0 aliphatic carbocycles. The molecule has 2 N–H and O–H groups in total. The summed E-state index contributed by atoms with van der Waals surface area (Å²) in [7, 11) is 0. The van der Waals surface area contributed by atoms with Gasteiger partial charge in [-0.3, -0.25) is 4.79 Å². The molecule has 0 fully saturated rings. The van der Waals surface area contributed by atoms with E-state index in [2.05, 4.69) is 21.2 Å². The predicted molar refractivity (Wildman–Crippen MR) is 74.9 cm³/mol. The molecule has 3 nitrogen and oxygen atoms in total. The summed E-state index contributed by atoms with van der Waals surface area (Å²) in [5, 5.41) is 11.9. The van der Waals surface area contributed by atoms with Crippen LogP contribution in [0.25, 0.3) is 0 Å². The summed E-state index contributed by atoms with van der Waals surface area (Å²) < 4.78 is 26.9. The molecule has 1 amide bonds. The number of hydrogen-bond donors (Lipinski definition) is 2. The van der Waals surface area contributed by atoms with Gasteiger partial charge < -0.3 is 10.4 Å². The second-order valence-electron chi connectivity index (χ2n) is 4.22. The molecule has 0 radical (unpaired) electrons. The van der Waals surface area contributed by atoms with Crippen LogP contribution in [0.4, 0.5) is 14.5 Å². The van der Waals surface area contributed by atoms with Crippen molar-refractivity contribution in [3.05, 3.63) is 57.6 Å². The van der Waals surface area contributed by atoms with Gasteiger partial charge in [-0.1, -0.05) is 6.07 Å². The van der Waals surface area contributed by atoms with Crippen LogP contribution in [0.1, 0.15) is 15.9 Å². The number of phenols is 1. The van der Waals surface area contributed by atoms with Crippen molar-refractivity contribution in [2.24, 2.45) is 0 Å². The Kier molecular flexibility index (Phi) is 4.04. The van der Waals surface area contributed by atoms with Crippen LogP contribution in [0.5, 0.6) is 5.75 Å². The number of amides is 1. The number of halogens is 3. The molecule has 0 saturated carbocycles. The lowest BCUT2D eigenvalue weighted by Gasteiger charge is -2.09. The summed E-state index contributed by atoms with van der Waals surface area (Å²) in [6, 6.07) is 6.23. The summed E-state index contributed by atoms with van der Waals surface area (Å²) in [5.41, 5.74) is 0.467. The number of phenolic OH excluding ortho intramolecular Hbond substituents is 1. The topological polar surface area (TPSA) is 49.3 Å². The van der Waals surface area contributed by atoms with Crippen molar-refractivity contribution in [2.75, 3.05) is 5.32 Å². The molecule has 2 aromatic carbocycles. The van der Waals surface area contributed by atoms with Gasteiger partial charge in [0.05, 0.1) is 15.7 Å². The van der Waals surface area contributed by atoms with Crippen LogP contribution in [0.2, 0.25) is 0 Å². The zero-order valence-corrected chi connectivity index (χ0v) is 12.0. The van der Waals surface area contributed by atoms with Gasteiger partial charge in [-0.15, -0.1) is 0 Å². The van der Waals surface area contributed by atoms with Crippen molar-refractivity contribution in [1.29, 1.82) is 0 Å². The van der Waals surface area contributed by atoms with E-state index in [0.717, 1.165) is 17.7 Å². The Labute approximate surface area is 122 Å². The lowest BCUT2D eigenvalue weighted by molar-refractivity contribution is 0.102. The van der Waals surface area contributed by atoms with E-state index < -0.39 is 17.5 Å². The number of anilines is 1. The normalized spacial score (nSPS) is 10.4. The summed E-state index contributed by atoms with van der Waals surface area (Å²) in [4.78, 5) is 11.9. The average molecular weight is 342 g/mol. The van der Waals surface area contributed by atoms with Gasteiger partial charge in [-0.05, 0) is 46.6 Å². The lowest BCUT2D eigenvalue weighted by atomic mass is 10.1. The largest absolute Gasteiger partial charge is 0.507 e. The van der Waals surface area contributed by atoms with Gasteiger partial charge in [-0.2, -0.15) is 0 Å². The molecule has 2 aromatic rings. The molecule has 0 aliphatic rings. The van der Waals surface area contributed by atoms with Crippen molar-refractivity contribution < 1.29 is 18.7 Å². The molecule has 0 unspecified atom stereocenters. The number of nitrogens with one attached hydrogen (secondary N) is 1. The van der Waals surface area contributed by atoms with E-state index in [4.69, 9.17) is 0 Å². The first kappa shape index (κ1) is 14.5. The van der Waals surface area contributed by atoms with E-state index in [9.17, 15) is 18.7 Å². The van der Waals surface area contributed by atoms with Crippen LogP contribution in [0, 0.1) is 18.6 Å². The third-order valence-electron chi connectivity index (χ3n) is 2.66. The second kappa shape index (κ2) is 5.58. The fourth-order valence-electron chi connectivity index (χ4n) is 1.64. The highest BCUT2D eigenvalue weighted by Crippen LogP contribution is 2.25. The maximum absolute atomic E-state index is 13.6. The molecule has 0 spiro atoms. The molecule has 0 heterocycles. The second-order valence-corrected chi connectivity index (χ2v) is 5.08. The van der Waals surface area contributed by atoms with E-state index in [0.29, 0.717) is 0 Å². The highest BCUT2D eigenvalue weighted by atomic mass is 79.9. The summed E-state index contributed by atoms with van der Waals surface area (Å²) >= 11 is 2.84. The van der Waals surface area contributed by atoms with Gasteiger partial charge in [0.15, 0.2) is 0 Å². The first-order valence-corrected chi connectivity index (χ1v) is 6.43. The minimum absolute atomic E-state index is 0.0154. The Balaban J connectivity index is 2.30. The van der Waals surface area contributed by atoms with Crippen molar-refractivity contribution in [1.82, 2.24) is 0 Å². The molecule has 0 saturated heterocycles. The molecule has 0 aromatic heterocycles. The van der Waals surface area contributed by atoms with Gasteiger partial charge in [0.25, 0.3) is 5.91 Å². The molecular weight excluding hydrogens is 332 g/mol. The number of benzene rings is 2. The van der Waals surface area contributed by atoms with Gasteiger partial charge in [0, 0.05) is 6.07 Å². The fraction of sp³-hybridized carbons (Fsp3) is 0.0714. The fourth-order valence-corrected chi connectivity index (χ4v) is 1.96. The Morgan fingerprint density at radius 3 is 2.55 bits per heavy atom. The van der Waals surface area contributed by atoms with Crippen LogP contribution < -0.4 is 5.32 Å². The Morgan fingerprint density at radius 2 is 1.90 bits per heavy atom. The highest BCUT2D eigenvalue weighted by Gasteiger charge is 2.15. The number of hydrogen-bond acceptors (Lipinski definition) is 2. The van der Waals surface area contributed by atoms with Crippen molar-refractivity contribution in [3.63, 3.8) is 0 Å². The van der Waals surface area contributed by atoms with E-state index >= 15 is 0 Å². The Hall–Kier alpha value is -1.95. The first-order valence-electron chi connectivity index (χ1n) is 5.64. The number of carbonyl (C=O) groups is 1. The molecule has 0 aliphatic heterocycles. The van der Waals surface area contributed by atoms with E-state index in [1.807, 2.05) is 0 Å². The average Bonchev–Trinajstić information content (AvgIpc) is 2.35. The third kappa shape index (κ3) is 2.96. The SMILES string of the molecule is Cc1ccc(C(=O)Nc2cc(F)c(Br)cc2F)c(O)c1. The van der Waals surface area contributed by atoms with Crippen LogP contribution >= 0.6 is 15.9 Å². The zero-order chi connectivity index (χ0) is 14.9. The minimum Gasteiger partial charge on any atom is -0.507 e. The molecule has 0 atom stereocenters. The molecule has 20 heavy (non-hydrogen) atoms. The van der Waals surface area contributed by atoms with Crippen LogP contribution in [0.3, 0.4) is 0 Å². The zero-order valence-electron chi connectivity index (χ0n) is 10.4. The maximum Gasteiger partial charge on any atom is 0.259 e. The van der Waals surface area contributed by atoms with Crippen LogP contribution in [-0.2, 0) is 0 Å². The quantitative estimate of drug-likeness (QED) is 0.811. The van der Waals surface area contributed by atoms with Gasteiger partial charge >= 0.3 is 0 Å².